The molecule has 1 rings (SSSR count). The summed E-state index contributed by atoms with van der Waals surface area (Å²) in [7, 11) is 0. The standard InChI is InChI=1S/C10H18N2S/c1-8(10(2,3)4)11-5-9-6-13-7-12-9/h6-8,11H,5H2,1-4H3. The van der Waals surface area contributed by atoms with E-state index < -0.39 is 0 Å². The smallest absolute Gasteiger partial charge is 0.0795 e. The van der Waals surface area contributed by atoms with Crippen LogP contribution in [0.1, 0.15) is 33.4 Å². The minimum Gasteiger partial charge on any atom is -0.308 e. The number of hydrogen-bond acceptors (Lipinski definition) is 3. The van der Waals surface area contributed by atoms with E-state index in [1.54, 1.807) is 11.3 Å². The van der Waals surface area contributed by atoms with Crippen LogP contribution in [-0.4, -0.2) is 11.0 Å². The van der Waals surface area contributed by atoms with Crippen molar-refractivity contribution in [1.82, 2.24) is 10.3 Å². The van der Waals surface area contributed by atoms with Crippen molar-refractivity contribution in [3.8, 4) is 0 Å². The Balaban J connectivity index is 2.35. The summed E-state index contributed by atoms with van der Waals surface area (Å²) in [6.07, 6.45) is 0. The van der Waals surface area contributed by atoms with Crippen molar-refractivity contribution in [3.63, 3.8) is 0 Å². The molecule has 0 amide bonds. The fourth-order valence-electron chi connectivity index (χ4n) is 0.889. The Morgan fingerprint density at radius 2 is 2.23 bits per heavy atom. The number of nitrogens with one attached hydrogen (secondary N) is 1. The molecule has 13 heavy (non-hydrogen) atoms. The fraction of sp³-hybridized carbons (Fsp3) is 0.700. The number of thiazole rings is 1. The van der Waals surface area contributed by atoms with E-state index in [0.717, 1.165) is 12.2 Å². The van der Waals surface area contributed by atoms with Gasteiger partial charge in [0.25, 0.3) is 0 Å². The summed E-state index contributed by atoms with van der Waals surface area (Å²) in [6, 6.07) is 0.509. The highest BCUT2D eigenvalue weighted by molar-refractivity contribution is 7.07. The molecule has 0 aliphatic heterocycles. The summed E-state index contributed by atoms with van der Waals surface area (Å²) < 4.78 is 0. The number of aromatic nitrogens is 1. The number of rotatable bonds is 3. The Kier molecular flexibility index (Phi) is 3.45. The second kappa shape index (κ2) is 4.20. The van der Waals surface area contributed by atoms with Gasteiger partial charge >= 0.3 is 0 Å². The van der Waals surface area contributed by atoms with Crippen LogP contribution in [0.4, 0.5) is 0 Å². The van der Waals surface area contributed by atoms with Crippen LogP contribution in [0.5, 0.6) is 0 Å². The van der Waals surface area contributed by atoms with Gasteiger partial charge in [-0.25, -0.2) is 4.98 Å². The van der Waals surface area contributed by atoms with Crippen molar-refractivity contribution < 1.29 is 0 Å². The molecule has 0 radical (unpaired) electrons. The number of hydrogen-bond donors (Lipinski definition) is 1. The first-order valence-corrected chi connectivity index (χ1v) is 5.55. The van der Waals surface area contributed by atoms with Crippen LogP contribution in [0.3, 0.4) is 0 Å². The van der Waals surface area contributed by atoms with Gasteiger partial charge in [0.2, 0.25) is 0 Å². The molecule has 1 aromatic heterocycles. The molecule has 0 aliphatic carbocycles. The molecule has 0 aromatic carbocycles. The van der Waals surface area contributed by atoms with Crippen molar-refractivity contribution >= 4 is 11.3 Å². The summed E-state index contributed by atoms with van der Waals surface area (Å²) in [5.41, 5.74) is 3.33. The maximum atomic E-state index is 4.23. The lowest BCUT2D eigenvalue weighted by Gasteiger charge is -2.27. The summed E-state index contributed by atoms with van der Waals surface area (Å²) >= 11 is 1.65. The molecule has 0 saturated heterocycles. The van der Waals surface area contributed by atoms with E-state index in [4.69, 9.17) is 0 Å². The SMILES string of the molecule is CC(NCc1cscn1)C(C)(C)C. The Morgan fingerprint density at radius 3 is 2.69 bits per heavy atom. The second-order valence-corrected chi connectivity index (χ2v) is 5.17. The molecule has 1 unspecified atom stereocenters. The van der Waals surface area contributed by atoms with Crippen LogP contribution < -0.4 is 5.32 Å². The second-order valence-electron chi connectivity index (χ2n) is 4.45. The van der Waals surface area contributed by atoms with E-state index >= 15 is 0 Å². The maximum Gasteiger partial charge on any atom is 0.0795 e. The minimum absolute atomic E-state index is 0.315. The summed E-state index contributed by atoms with van der Waals surface area (Å²) in [4.78, 5) is 4.23. The molecular weight excluding hydrogens is 180 g/mol. The first kappa shape index (κ1) is 10.7. The maximum absolute atomic E-state index is 4.23. The van der Waals surface area contributed by atoms with Crippen molar-refractivity contribution in [3.05, 3.63) is 16.6 Å². The van der Waals surface area contributed by atoms with Crippen molar-refractivity contribution in [1.29, 1.82) is 0 Å². The minimum atomic E-state index is 0.315. The third-order valence-corrected chi connectivity index (χ3v) is 3.01. The van der Waals surface area contributed by atoms with Crippen LogP contribution in [0, 0.1) is 5.41 Å². The van der Waals surface area contributed by atoms with E-state index in [-0.39, 0.29) is 0 Å². The van der Waals surface area contributed by atoms with Crippen LogP contribution in [-0.2, 0) is 6.54 Å². The zero-order valence-electron chi connectivity index (χ0n) is 8.79. The molecule has 74 valence electrons. The Labute approximate surface area is 84.4 Å². The van der Waals surface area contributed by atoms with E-state index in [2.05, 4.69) is 43.4 Å². The predicted octanol–water partition coefficient (Wildman–Crippen LogP) is 2.67. The van der Waals surface area contributed by atoms with Crippen molar-refractivity contribution in [2.24, 2.45) is 5.41 Å². The average Bonchev–Trinajstić information content (AvgIpc) is 2.50. The molecule has 1 aromatic rings. The van der Waals surface area contributed by atoms with Gasteiger partial charge in [-0.3, -0.25) is 0 Å². The molecule has 1 N–H and O–H groups in total. The molecule has 0 saturated carbocycles. The third-order valence-electron chi connectivity index (χ3n) is 2.37. The van der Waals surface area contributed by atoms with E-state index in [0.29, 0.717) is 11.5 Å². The Morgan fingerprint density at radius 1 is 1.54 bits per heavy atom. The van der Waals surface area contributed by atoms with E-state index in [9.17, 15) is 0 Å². The molecule has 0 fully saturated rings. The summed E-state index contributed by atoms with van der Waals surface area (Å²) in [5, 5.41) is 5.55. The van der Waals surface area contributed by atoms with Crippen LogP contribution >= 0.6 is 11.3 Å². The summed E-state index contributed by atoms with van der Waals surface area (Å²) in [5.74, 6) is 0. The molecule has 2 nitrogen and oxygen atoms in total. The third kappa shape index (κ3) is 3.44. The van der Waals surface area contributed by atoms with Gasteiger partial charge < -0.3 is 5.32 Å². The van der Waals surface area contributed by atoms with E-state index in [1.807, 2.05) is 5.51 Å². The first-order chi connectivity index (χ1) is 6.00. The molecule has 0 spiro atoms. The van der Waals surface area contributed by atoms with Crippen LogP contribution in [0.2, 0.25) is 0 Å². The van der Waals surface area contributed by atoms with Gasteiger partial charge in [-0.05, 0) is 12.3 Å². The highest BCUT2D eigenvalue weighted by Gasteiger charge is 2.18. The highest BCUT2D eigenvalue weighted by atomic mass is 32.1. The van der Waals surface area contributed by atoms with Gasteiger partial charge in [-0.2, -0.15) is 0 Å². The zero-order chi connectivity index (χ0) is 9.90. The zero-order valence-corrected chi connectivity index (χ0v) is 9.61. The normalized spacial score (nSPS) is 14.5. The largest absolute Gasteiger partial charge is 0.308 e. The Bertz CT molecular complexity index is 236. The highest BCUT2D eigenvalue weighted by Crippen LogP contribution is 2.18. The molecule has 1 atom stereocenters. The number of nitrogens with zero attached hydrogens (tertiary/aromatic N) is 1. The topological polar surface area (TPSA) is 24.9 Å². The van der Waals surface area contributed by atoms with Gasteiger partial charge in [0, 0.05) is 18.0 Å². The molecule has 0 aliphatic rings. The van der Waals surface area contributed by atoms with Crippen LogP contribution in [0.25, 0.3) is 0 Å². The van der Waals surface area contributed by atoms with E-state index in [1.165, 1.54) is 0 Å². The molecular formula is C10H18N2S. The lowest BCUT2D eigenvalue weighted by atomic mass is 9.88. The van der Waals surface area contributed by atoms with Gasteiger partial charge in [-0.15, -0.1) is 11.3 Å². The Hall–Kier alpha value is -0.410. The molecule has 3 heteroatoms. The fourth-order valence-corrected chi connectivity index (χ4v) is 1.45. The lowest BCUT2D eigenvalue weighted by molar-refractivity contribution is 0.284. The van der Waals surface area contributed by atoms with Gasteiger partial charge in [0.1, 0.15) is 0 Å². The average molecular weight is 198 g/mol. The van der Waals surface area contributed by atoms with Crippen molar-refractivity contribution in [2.75, 3.05) is 0 Å². The van der Waals surface area contributed by atoms with Gasteiger partial charge in [0.15, 0.2) is 0 Å². The predicted molar refractivity (Wildman–Crippen MR) is 57.9 cm³/mol. The van der Waals surface area contributed by atoms with Crippen LogP contribution in [0.15, 0.2) is 10.9 Å². The first-order valence-electron chi connectivity index (χ1n) is 4.60. The molecule has 1 heterocycles. The quantitative estimate of drug-likeness (QED) is 0.807. The van der Waals surface area contributed by atoms with Gasteiger partial charge in [-0.1, -0.05) is 20.8 Å². The summed E-state index contributed by atoms with van der Waals surface area (Å²) in [6.45, 7) is 9.82. The monoisotopic (exact) mass is 198 g/mol. The van der Waals surface area contributed by atoms with Crippen molar-refractivity contribution in [2.45, 2.75) is 40.3 Å². The van der Waals surface area contributed by atoms with Gasteiger partial charge in [0.05, 0.1) is 11.2 Å². The molecule has 0 bridgehead atoms. The lowest BCUT2D eigenvalue weighted by Crippen LogP contribution is -2.37.